The first-order valence-corrected chi connectivity index (χ1v) is 7.93. The Morgan fingerprint density at radius 1 is 1.05 bits per heavy atom. The van der Waals surface area contributed by atoms with Crippen LogP contribution in [0.5, 0.6) is 0 Å². The molecule has 1 aromatic rings. The Kier molecular flexibility index (Phi) is 4.23. The number of benzene rings is 1. The van der Waals surface area contributed by atoms with Crippen molar-refractivity contribution in [3.05, 3.63) is 35.9 Å². The molecule has 1 aliphatic heterocycles. The summed E-state index contributed by atoms with van der Waals surface area (Å²) < 4.78 is 0. The number of urea groups is 1. The molecular formula is C17H22N2O2. The molecule has 0 spiro atoms. The minimum Gasteiger partial charge on any atom is -0.326 e. The summed E-state index contributed by atoms with van der Waals surface area (Å²) in [6.45, 7) is 0. The van der Waals surface area contributed by atoms with E-state index in [0.717, 1.165) is 32.1 Å². The van der Waals surface area contributed by atoms with Crippen LogP contribution in [0.1, 0.15) is 44.1 Å². The second kappa shape index (κ2) is 6.29. The van der Waals surface area contributed by atoms with E-state index in [1.807, 2.05) is 18.2 Å². The first-order chi connectivity index (χ1) is 10.3. The van der Waals surface area contributed by atoms with Crippen molar-refractivity contribution < 1.29 is 9.59 Å². The lowest BCUT2D eigenvalue weighted by Gasteiger charge is -2.28. The van der Waals surface area contributed by atoms with Gasteiger partial charge in [0.15, 0.2) is 0 Å². The van der Waals surface area contributed by atoms with Crippen LogP contribution in [0.4, 0.5) is 4.79 Å². The molecule has 1 aromatic carbocycles. The SMILES string of the molecule is O=C1NC(CCc2ccccc2)C(=O)N1C1CCCCC1. The number of aryl methyl sites for hydroxylation is 1. The van der Waals surface area contributed by atoms with Crippen LogP contribution in [-0.4, -0.2) is 28.9 Å². The van der Waals surface area contributed by atoms with E-state index in [1.165, 1.54) is 16.9 Å². The van der Waals surface area contributed by atoms with Gasteiger partial charge in [0.1, 0.15) is 6.04 Å². The Morgan fingerprint density at radius 2 is 1.76 bits per heavy atom. The summed E-state index contributed by atoms with van der Waals surface area (Å²) in [6, 6.07) is 9.67. The summed E-state index contributed by atoms with van der Waals surface area (Å²) in [7, 11) is 0. The van der Waals surface area contributed by atoms with Crippen molar-refractivity contribution in [2.24, 2.45) is 0 Å². The van der Waals surface area contributed by atoms with E-state index in [1.54, 1.807) is 0 Å². The smallest absolute Gasteiger partial charge is 0.325 e. The Balaban J connectivity index is 1.60. The number of nitrogens with zero attached hydrogens (tertiary/aromatic N) is 1. The molecule has 21 heavy (non-hydrogen) atoms. The van der Waals surface area contributed by atoms with Crippen LogP contribution in [0.15, 0.2) is 30.3 Å². The molecule has 1 unspecified atom stereocenters. The van der Waals surface area contributed by atoms with Gasteiger partial charge in [0, 0.05) is 6.04 Å². The van der Waals surface area contributed by atoms with Crippen LogP contribution in [0.2, 0.25) is 0 Å². The first kappa shape index (κ1) is 14.1. The van der Waals surface area contributed by atoms with Crippen LogP contribution in [0, 0.1) is 0 Å². The lowest BCUT2D eigenvalue weighted by molar-refractivity contribution is -0.129. The molecule has 1 saturated heterocycles. The summed E-state index contributed by atoms with van der Waals surface area (Å²) in [5.41, 5.74) is 1.20. The average molecular weight is 286 g/mol. The van der Waals surface area contributed by atoms with Crippen LogP contribution in [-0.2, 0) is 11.2 Å². The van der Waals surface area contributed by atoms with Gasteiger partial charge in [-0.2, -0.15) is 0 Å². The molecule has 2 aliphatic rings. The zero-order chi connectivity index (χ0) is 14.7. The molecule has 4 nitrogen and oxygen atoms in total. The molecule has 0 bridgehead atoms. The van der Waals surface area contributed by atoms with Crippen LogP contribution < -0.4 is 5.32 Å². The number of hydrogen-bond donors (Lipinski definition) is 1. The van der Waals surface area contributed by atoms with Gasteiger partial charge in [0.2, 0.25) is 0 Å². The van der Waals surface area contributed by atoms with Crippen molar-refractivity contribution in [1.29, 1.82) is 0 Å². The summed E-state index contributed by atoms with van der Waals surface area (Å²) >= 11 is 0. The molecule has 0 aromatic heterocycles. The summed E-state index contributed by atoms with van der Waals surface area (Å²) in [5.74, 6) is -0.0252. The fraction of sp³-hybridized carbons (Fsp3) is 0.529. The number of amides is 3. The molecule has 0 radical (unpaired) electrons. The minimum atomic E-state index is -0.348. The third-order valence-electron chi connectivity index (χ3n) is 4.56. The highest BCUT2D eigenvalue weighted by Crippen LogP contribution is 2.26. The number of hydrogen-bond acceptors (Lipinski definition) is 2. The maximum Gasteiger partial charge on any atom is 0.325 e. The van der Waals surface area contributed by atoms with Gasteiger partial charge in [-0.1, -0.05) is 49.6 Å². The van der Waals surface area contributed by atoms with Gasteiger partial charge >= 0.3 is 6.03 Å². The fourth-order valence-corrected chi connectivity index (χ4v) is 3.38. The molecule has 1 saturated carbocycles. The van der Waals surface area contributed by atoms with Gasteiger partial charge in [-0.25, -0.2) is 4.79 Å². The van der Waals surface area contributed by atoms with E-state index in [2.05, 4.69) is 17.4 Å². The molecule has 1 atom stereocenters. The van der Waals surface area contributed by atoms with Crippen LogP contribution in [0.3, 0.4) is 0 Å². The third-order valence-corrected chi connectivity index (χ3v) is 4.56. The zero-order valence-corrected chi connectivity index (χ0v) is 12.3. The van der Waals surface area contributed by atoms with Gasteiger partial charge in [-0.15, -0.1) is 0 Å². The number of imide groups is 1. The van der Waals surface area contributed by atoms with Crippen molar-refractivity contribution in [3.63, 3.8) is 0 Å². The van der Waals surface area contributed by atoms with E-state index in [-0.39, 0.29) is 24.0 Å². The molecular weight excluding hydrogens is 264 g/mol. The molecule has 2 fully saturated rings. The first-order valence-electron chi connectivity index (χ1n) is 7.93. The van der Waals surface area contributed by atoms with Crippen LogP contribution >= 0.6 is 0 Å². The summed E-state index contributed by atoms with van der Waals surface area (Å²) in [4.78, 5) is 26.1. The van der Waals surface area contributed by atoms with Gasteiger partial charge in [-0.3, -0.25) is 9.69 Å². The van der Waals surface area contributed by atoms with E-state index in [4.69, 9.17) is 0 Å². The number of nitrogens with one attached hydrogen (secondary N) is 1. The zero-order valence-electron chi connectivity index (χ0n) is 12.3. The van der Waals surface area contributed by atoms with E-state index in [0.29, 0.717) is 6.42 Å². The average Bonchev–Trinajstić information content (AvgIpc) is 2.81. The van der Waals surface area contributed by atoms with Gasteiger partial charge in [-0.05, 0) is 31.2 Å². The maximum absolute atomic E-state index is 12.5. The Bertz CT molecular complexity index is 509. The van der Waals surface area contributed by atoms with Crippen molar-refractivity contribution in [2.75, 3.05) is 0 Å². The highest BCUT2D eigenvalue weighted by atomic mass is 16.2. The Morgan fingerprint density at radius 3 is 2.48 bits per heavy atom. The van der Waals surface area contributed by atoms with Gasteiger partial charge in [0.25, 0.3) is 5.91 Å². The predicted octanol–water partition coefficient (Wildman–Crippen LogP) is 2.87. The molecule has 1 aliphatic carbocycles. The topological polar surface area (TPSA) is 49.4 Å². The van der Waals surface area contributed by atoms with E-state index >= 15 is 0 Å². The van der Waals surface area contributed by atoms with Crippen molar-refractivity contribution in [3.8, 4) is 0 Å². The third kappa shape index (κ3) is 3.09. The van der Waals surface area contributed by atoms with Crippen molar-refractivity contribution in [2.45, 2.75) is 57.0 Å². The predicted molar refractivity (Wildman–Crippen MR) is 80.8 cm³/mol. The highest BCUT2D eigenvalue weighted by Gasteiger charge is 2.41. The maximum atomic E-state index is 12.5. The quantitative estimate of drug-likeness (QED) is 0.865. The number of carbonyl (C=O) groups is 2. The van der Waals surface area contributed by atoms with Crippen LogP contribution in [0.25, 0.3) is 0 Å². The van der Waals surface area contributed by atoms with Gasteiger partial charge < -0.3 is 5.32 Å². The minimum absolute atomic E-state index is 0.0252. The van der Waals surface area contributed by atoms with Gasteiger partial charge in [0.05, 0.1) is 0 Å². The van der Waals surface area contributed by atoms with E-state index < -0.39 is 0 Å². The molecule has 1 heterocycles. The molecule has 3 rings (SSSR count). The number of carbonyl (C=O) groups excluding carboxylic acids is 2. The molecule has 1 N–H and O–H groups in total. The second-order valence-corrected chi connectivity index (χ2v) is 6.03. The lowest BCUT2D eigenvalue weighted by Crippen LogP contribution is -2.42. The fourth-order valence-electron chi connectivity index (χ4n) is 3.38. The summed E-state index contributed by atoms with van der Waals surface area (Å²) in [6.07, 6.45) is 6.88. The number of rotatable bonds is 4. The molecule has 3 amide bonds. The summed E-state index contributed by atoms with van der Waals surface area (Å²) in [5, 5.41) is 2.86. The molecule has 112 valence electrons. The highest BCUT2D eigenvalue weighted by molar-refractivity contribution is 6.04. The lowest BCUT2D eigenvalue weighted by atomic mass is 9.94. The normalized spacial score (nSPS) is 23.4. The van der Waals surface area contributed by atoms with Crippen molar-refractivity contribution in [1.82, 2.24) is 10.2 Å². The Hall–Kier alpha value is -1.84. The molecule has 4 heteroatoms. The Labute approximate surface area is 125 Å². The standard InChI is InChI=1S/C17H22N2O2/c20-16-15(12-11-13-7-3-1-4-8-13)18-17(21)19(16)14-9-5-2-6-10-14/h1,3-4,7-8,14-15H,2,5-6,9-12H2,(H,18,21). The second-order valence-electron chi connectivity index (χ2n) is 6.03. The van der Waals surface area contributed by atoms with Crippen molar-refractivity contribution >= 4 is 11.9 Å². The van der Waals surface area contributed by atoms with E-state index in [9.17, 15) is 9.59 Å². The largest absolute Gasteiger partial charge is 0.326 e. The monoisotopic (exact) mass is 286 g/mol.